The molecule has 0 radical (unpaired) electrons. The Balaban J connectivity index is 2.32. The molecule has 0 bridgehead atoms. The lowest BCUT2D eigenvalue weighted by atomic mass is 10.3. The molecule has 1 aliphatic heterocycles. The number of nitrogens with one attached hydrogen (secondary N) is 1. The van der Waals surface area contributed by atoms with Crippen molar-refractivity contribution >= 4 is 27.4 Å². The molecule has 0 aromatic carbocycles. The van der Waals surface area contributed by atoms with Gasteiger partial charge in [0.25, 0.3) is 0 Å². The summed E-state index contributed by atoms with van der Waals surface area (Å²) in [4.78, 5) is 4.12. The van der Waals surface area contributed by atoms with Crippen LogP contribution in [0.25, 0.3) is 0 Å². The smallest absolute Gasteiger partial charge is 0.244 e. The third-order valence-electron chi connectivity index (χ3n) is 3.08. The predicted octanol–water partition coefficient (Wildman–Crippen LogP) is 1.57. The Morgan fingerprint density at radius 1 is 1.40 bits per heavy atom. The largest absolute Gasteiger partial charge is 0.373 e. The number of rotatable bonds is 3. The minimum atomic E-state index is -3.60. The summed E-state index contributed by atoms with van der Waals surface area (Å²) >= 11 is 6.00. The first-order valence-corrected chi connectivity index (χ1v) is 8.15. The quantitative estimate of drug-likeness (QED) is 0.915. The zero-order valence-electron chi connectivity index (χ0n) is 11.6. The Morgan fingerprint density at radius 2 is 2.00 bits per heavy atom. The normalized spacial score (nSPS) is 24.6. The average molecular weight is 320 g/mol. The minimum Gasteiger partial charge on any atom is -0.373 e. The van der Waals surface area contributed by atoms with E-state index in [0.29, 0.717) is 18.9 Å². The summed E-state index contributed by atoms with van der Waals surface area (Å²) in [5.74, 6) is 0.453. The minimum absolute atomic E-state index is 0.0998. The molecule has 0 unspecified atom stereocenters. The van der Waals surface area contributed by atoms with E-state index in [1.54, 1.807) is 7.05 Å². The van der Waals surface area contributed by atoms with Gasteiger partial charge in [0.15, 0.2) is 0 Å². The number of sulfonamides is 1. The van der Waals surface area contributed by atoms with Crippen LogP contribution in [-0.4, -0.2) is 50.1 Å². The van der Waals surface area contributed by atoms with Crippen molar-refractivity contribution in [2.24, 2.45) is 0 Å². The molecule has 112 valence electrons. The molecule has 2 heterocycles. The lowest BCUT2D eigenvalue weighted by Gasteiger charge is -2.34. The van der Waals surface area contributed by atoms with Gasteiger partial charge in [-0.2, -0.15) is 4.31 Å². The molecule has 1 aliphatic rings. The van der Waals surface area contributed by atoms with E-state index in [0.717, 1.165) is 0 Å². The highest BCUT2D eigenvalue weighted by Gasteiger charge is 2.32. The number of anilines is 1. The molecular weight excluding hydrogens is 302 g/mol. The van der Waals surface area contributed by atoms with Gasteiger partial charge in [0.05, 0.1) is 17.2 Å². The lowest BCUT2D eigenvalue weighted by molar-refractivity contribution is -0.0440. The van der Waals surface area contributed by atoms with E-state index in [1.165, 1.54) is 16.6 Å². The second kappa shape index (κ2) is 5.85. The summed E-state index contributed by atoms with van der Waals surface area (Å²) in [6.07, 6.45) is 1.06. The topological polar surface area (TPSA) is 71.5 Å². The summed E-state index contributed by atoms with van der Waals surface area (Å²) in [5, 5.41) is 3.08. The molecule has 1 saturated heterocycles. The van der Waals surface area contributed by atoms with Crippen LogP contribution in [0.2, 0.25) is 5.02 Å². The molecule has 1 aromatic rings. The van der Waals surface area contributed by atoms with Crippen molar-refractivity contribution in [3.8, 4) is 0 Å². The van der Waals surface area contributed by atoms with Crippen LogP contribution in [0.5, 0.6) is 0 Å². The highest BCUT2D eigenvalue weighted by molar-refractivity contribution is 7.89. The zero-order valence-corrected chi connectivity index (χ0v) is 13.2. The number of hydrogen-bond acceptors (Lipinski definition) is 5. The first-order valence-electron chi connectivity index (χ1n) is 6.33. The van der Waals surface area contributed by atoms with Gasteiger partial charge in [-0.1, -0.05) is 11.6 Å². The van der Waals surface area contributed by atoms with Gasteiger partial charge in [0.2, 0.25) is 10.0 Å². The van der Waals surface area contributed by atoms with E-state index >= 15 is 0 Å². The Bertz CT molecular complexity index is 584. The Kier molecular flexibility index (Phi) is 4.53. The highest BCUT2D eigenvalue weighted by atomic mass is 35.5. The first-order chi connectivity index (χ1) is 9.34. The second-order valence-corrected chi connectivity index (χ2v) is 7.18. The molecule has 0 amide bonds. The lowest BCUT2D eigenvalue weighted by Crippen LogP contribution is -2.48. The molecule has 0 saturated carbocycles. The fourth-order valence-electron chi connectivity index (χ4n) is 2.22. The van der Waals surface area contributed by atoms with Crippen LogP contribution in [0.15, 0.2) is 17.2 Å². The number of halogens is 1. The standard InChI is InChI=1S/C12H18ClN3O3S/c1-8-6-16(7-9(2)19-8)20(17,18)10-4-11(13)12(14-3)15-5-10/h4-5,8-9H,6-7H2,1-3H3,(H,14,15)/t8-,9+. The molecule has 2 rings (SSSR count). The van der Waals surface area contributed by atoms with Crippen molar-refractivity contribution in [2.45, 2.75) is 31.0 Å². The van der Waals surface area contributed by atoms with Crippen LogP contribution in [0.1, 0.15) is 13.8 Å². The van der Waals surface area contributed by atoms with E-state index in [4.69, 9.17) is 16.3 Å². The molecule has 0 aliphatic carbocycles. The second-order valence-electron chi connectivity index (χ2n) is 4.83. The molecule has 6 nitrogen and oxygen atoms in total. The maximum Gasteiger partial charge on any atom is 0.244 e. The Labute approximate surface area is 124 Å². The van der Waals surface area contributed by atoms with E-state index in [2.05, 4.69) is 10.3 Å². The summed E-state index contributed by atoms with van der Waals surface area (Å²) < 4.78 is 32.1. The van der Waals surface area contributed by atoms with Crippen molar-refractivity contribution in [2.75, 3.05) is 25.5 Å². The first kappa shape index (κ1) is 15.5. The van der Waals surface area contributed by atoms with Crippen LogP contribution >= 0.6 is 11.6 Å². The van der Waals surface area contributed by atoms with Crippen LogP contribution in [0.4, 0.5) is 5.82 Å². The third kappa shape index (κ3) is 3.06. The molecule has 20 heavy (non-hydrogen) atoms. The van der Waals surface area contributed by atoms with Gasteiger partial charge in [0, 0.05) is 26.3 Å². The van der Waals surface area contributed by atoms with Crippen LogP contribution in [0, 0.1) is 0 Å². The summed E-state index contributed by atoms with van der Waals surface area (Å²) in [6, 6.07) is 1.42. The van der Waals surface area contributed by atoms with Gasteiger partial charge in [-0.25, -0.2) is 13.4 Å². The number of aromatic nitrogens is 1. The zero-order chi connectivity index (χ0) is 14.9. The third-order valence-corrected chi connectivity index (χ3v) is 5.16. The fourth-order valence-corrected chi connectivity index (χ4v) is 4.11. The SMILES string of the molecule is CNc1ncc(S(=O)(=O)N2C[C@@H](C)O[C@@H](C)C2)cc1Cl. The van der Waals surface area contributed by atoms with Crippen LogP contribution in [0.3, 0.4) is 0 Å². The molecule has 8 heteroatoms. The van der Waals surface area contributed by atoms with Gasteiger partial charge in [-0.15, -0.1) is 0 Å². The molecule has 1 fully saturated rings. The fraction of sp³-hybridized carbons (Fsp3) is 0.583. The van der Waals surface area contributed by atoms with E-state index in [-0.39, 0.29) is 22.1 Å². The molecule has 1 aromatic heterocycles. The molecular formula is C12H18ClN3O3S. The maximum atomic E-state index is 12.6. The number of hydrogen-bond donors (Lipinski definition) is 1. The van der Waals surface area contributed by atoms with E-state index in [1.807, 2.05) is 13.8 Å². The molecule has 1 N–H and O–H groups in total. The summed E-state index contributed by atoms with van der Waals surface area (Å²) in [5.41, 5.74) is 0. The van der Waals surface area contributed by atoms with Crippen molar-refractivity contribution in [3.05, 3.63) is 17.3 Å². The van der Waals surface area contributed by atoms with Gasteiger partial charge >= 0.3 is 0 Å². The molecule has 0 spiro atoms. The average Bonchev–Trinajstić information content (AvgIpc) is 2.37. The number of nitrogens with zero attached hydrogens (tertiary/aromatic N) is 2. The van der Waals surface area contributed by atoms with Gasteiger partial charge in [0.1, 0.15) is 10.7 Å². The van der Waals surface area contributed by atoms with Gasteiger partial charge in [-0.05, 0) is 19.9 Å². The Morgan fingerprint density at radius 3 is 2.50 bits per heavy atom. The molecule has 2 atom stereocenters. The van der Waals surface area contributed by atoms with E-state index in [9.17, 15) is 8.42 Å². The number of morpholine rings is 1. The van der Waals surface area contributed by atoms with Crippen molar-refractivity contribution in [3.63, 3.8) is 0 Å². The number of ether oxygens (including phenoxy) is 1. The predicted molar refractivity (Wildman–Crippen MR) is 77.6 cm³/mol. The summed E-state index contributed by atoms with van der Waals surface area (Å²) in [7, 11) is -1.92. The Hall–Kier alpha value is -0.890. The van der Waals surface area contributed by atoms with Gasteiger partial charge in [-0.3, -0.25) is 0 Å². The number of pyridine rings is 1. The maximum absolute atomic E-state index is 12.6. The van der Waals surface area contributed by atoms with Crippen molar-refractivity contribution < 1.29 is 13.2 Å². The van der Waals surface area contributed by atoms with Gasteiger partial charge < -0.3 is 10.1 Å². The van der Waals surface area contributed by atoms with Crippen LogP contribution < -0.4 is 5.32 Å². The van der Waals surface area contributed by atoms with Crippen LogP contribution in [-0.2, 0) is 14.8 Å². The van der Waals surface area contributed by atoms with Crippen molar-refractivity contribution in [1.82, 2.24) is 9.29 Å². The monoisotopic (exact) mass is 319 g/mol. The summed E-state index contributed by atoms with van der Waals surface area (Å²) in [6.45, 7) is 4.37. The highest BCUT2D eigenvalue weighted by Crippen LogP contribution is 2.25. The van der Waals surface area contributed by atoms with Crippen molar-refractivity contribution in [1.29, 1.82) is 0 Å². The van der Waals surface area contributed by atoms with E-state index < -0.39 is 10.0 Å².